The minimum absolute atomic E-state index is 0.120. The molecule has 0 aliphatic heterocycles. The molecule has 0 aliphatic carbocycles. The Hall–Kier alpha value is -2.41. The zero-order valence-electron chi connectivity index (χ0n) is 16.7. The second kappa shape index (κ2) is 7.68. The van der Waals surface area contributed by atoms with Crippen molar-refractivity contribution in [3.63, 3.8) is 0 Å². The van der Waals surface area contributed by atoms with E-state index in [1.54, 1.807) is 46.3 Å². The number of aromatic nitrogens is 2. The summed E-state index contributed by atoms with van der Waals surface area (Å²) < 4.78 is 26.6. The zero-order chi connectivity index (χ0) is 20.4. The number of fused-ring (bicyclic) bond motifs is 1. The second-order valence-electron chi connectivity index (χ2n) is 7.63. The first-order chi connectivity index (χ1) is 12.4. The van der Waals surface area contributed by atoms with Crippen LogP contribution in [0, 0.1) is 0 Å². The molecular formula is C20H27N3O3S. The molecule has 2 aromatic rings. The summed E-state index contributed by atoms with van der Waals surface area (Å²) in [5.74, 6) is 0. The first kappa shape index (κ1) is 20.9. The molecule has 0 saturated heterocycles. The standard InChI is InChI=1S/C20H27N3O3S/c1-15(9-8-12-23(6)27(25,26)20(2,3)4)13-16-14-22(5)19(24)18-17(16)10-7-11-21-18/h7-12,14H,13H2,1-6H3/b12-8?,15-9-. The van der Waals surface area contributed by atoms with Crippen molar-refractivity contribution < 1.29 is 8.42 Å². The van der Waals surface area contributed by atoms with Crippen LogP contribution in [0.3, 0.4) is 0 Å². The predicted molar refractivity (Wildman–Crippen MR) is 110 cm³/mol. The van der Waals surface area contributed by atoms with Crippen LogP contribution < -0.4 is 5.56 Å². The van der Waals surface area contributed by atoms with Gasteiger partial charge in [0.25, 0.3) is 5.56 Å². The topological polar surface area (TPSA) is 72.3 Å². The zero-order valence-corrected chi connectivity index (χ0v) is 17.5. The third kappa shape index (κ3) is 4.47. The van der Waals surface area contributed by atoms with E-state index >= 15 is 0 Å². The van der Waals surface area contributed by atoms with E-state index in [1.807, 2.05) is 31.3 Å². The van der Waals surface area contributed by atoms with Crippen LogP contribution in [0.2, 0.25) is 0 Å². The van der Waals surface area contributed by atoms with Crippen molar-refractivity contribution in [1.82, 2.24) is 13.9 Å². The third-order valence-electron chi connectivity index (χ3n) is 4.33. The van der Waals surface area contributed by atoms with Gasteiger partial charge < -0.3 is 4.57 Å². The number of rotatable bonds is 5. The maximum Gasteiger partial charge on any atom is 0.276 e. The first-order valence-electron chi connectivity index (χ1n) is 8.70. The lowest BCUT2D eigenvalue weighted by Crippen LogP contribution is -2.37. The molecule has 0 fully saturated rings. The van der Waals surface area contributed by atoms with Gasteiger partial charge in [0.15, 0.2) is 0 Å². The summed E-state index contributed by atoms with van der Waals surface area (Å²) in [6, 6.07) is 3.71. The van der Waals surface area contributed by atoms with Gasteiger partial charge in [0.05, 0.1) is 4.75 Å². The average Bonchev–Trinajstić information content (AvgIpc) is 2.58. The number of allylic oxidation sites excluding steroid dienone is 3. The molecule has 0 atom stereocenters. The maximum absolute atomic E-state index is 12.3. The SMILES string of the molecule is C/C(=C/C=CN(C)S(=O)(=O)C(C)(C)C)Cc1cn(C)c(=O)c2ncccc12. The minimum Gasteiger partial charge on any atom is -0.316 e. The van der Waals surface area contributed by atoms with Crippen molar-refractivity contribution in [2.24, 2.45) is 7.05 Å². The summed E-state index contributed by atoms with van der Waals surface area (Å²) >= 11 is 0. The molecule has 0 saturated carbocycles. The summed E-state index contributed by atoms with van der Waals surface area (Å²) in [5, 5.41) is 0.838. The molecule has 0 aromatic carbocycles. The third-order valence-corrected chi connectivity index (χ3v) is 6.75. The Balaban J connectivity index is 2.26. The first-order valence-corrected chi connectivity index (χ1v) is 10.1. The van der Waals surface area contributed by atoms with Crippen molar-refractivity contribution in [3.8, 4) is 0 Å². The van der Waals surface area contributed by atoms with E-state index in [0.717, 1.165) is 16.5 Å². The van der Waals surface area contributed by atoms with Gasteiger partial charge in [-0.3, -0.25) is 14.1 Å². The van der Waals surface area contributed by atoms with Crippen molar-refractivity contribution in [3.05, 3.63) is 64.4 Å². The van der Waals surface area contributed by atoms with Gasteiger partial charge in [0, 0.05) is 38.1 Å². The largest absolute Gasteiger partial charge is 0.316 e. The van der Waals surface area contributed by atoms with Crippen molar-refractivity contribution in [1.29, 1.82) is 0 Å². The summed E-state index contributed by atoms with van der Waals surface area (Å²) in [5.41, 5.74) is 2.37. The van der Waals surface area contributed by atoms with E-state index in [2.05, 4.69) is 4.98 Å². The highest BCUT2D eigenvalue weighted by molar-refractivity contribution is 7.90. The van der Waals surface area contributed by atoms with Gasteiger partial charge in [0.2, 0.25) is 10.0 Å². The normalized spacial score (nSPS) is 13.5. The second-order valence-corrected chi connectivity index (χ2v) is 10.4. The van der Waals surface area contributed by atoms with Gasteiger partial charge in [-0.25, -0.2) is 8.42 Å². The van der Waals surface area contributed by atoms with Crippen LogP contribution in [0.4, 0.5) is 0 Å². The molecule has 2 aromatic heterocycles. The predicted octanol–water partition coefficient (Wildman–Crippen LogP) is 3.00. The summed E-state index contributed by atoms with van der Waals surface area (Å²) in [6.45, 7) is 6.99. The molecule has 2 heterocycles. The fourth-order valence-corrected chi connectivity index (χ4v) is 3.80. The number of aryl methyl sites for hydroxylation is 1. The van der Waals surface area contributed by atoms with Crippen molar-refractivity contribution in [2.75, 3.05) is 7.05 Å². The van der Waals surface area contributed by atoms with E-state index < -0.39 is 14.8 Å². The average molecular weight is 390 g/mol. The van der Waals surface area contributed by atoms with Crippen molar-refractivity contribution >= 4 is 20.9 Å². The highest BCUT2D eigenvalue weighted by atomic mass is 32.2. The molecule has 146 valence electrons. The van der Waals surface area contributed by atoms with E-state index in [0.29, 0.717) is 11.9 Å². The lowest BCUT2D eigenvalue weighted by molar-refractivity contribution is 0.503. The Morgan fingerprint density at radius 2 is 2.00 bits per heavy atom. The Labute approximate surface area is 160 Å². The van der Waals surface area contributed by atoms with E-state index in [9.17, 15) is 13.2 Å². The molecular weight excluding hydrogens is 362 g/mol. The van der Waals surface area contributed by atoms with Gasteiger partial charge in [-0.2, -0.15) is 0 Å². The smallest absolute Gasteiger partial charge is 0.276 e. The fraction of sp³-hybridized carbons (Fsp3) is 0.400. The molecule has 0 bridgehead atoms. The van der Waals surface area contributed by atoms with Gasteiger partial charge in [-0.1, -0.05) is 17.7 Å². The van der Waals surface area contributed by atoms with Crippen molar-refractivity contribution in [2.45, 2.75) is 38.9 Å². The Bertz CT molecular complexity index is 1060. The lowest BCUT2D eigenvalue weighted by Gasteiger charge is -2.25. The molecule has 6 nitrogen and oxygen atoms in total. The Morgan fingerprint density at radius 3 is 2.63 bits per heavy atom. The highest BCUT2D eigenvalue weighted by Crippen LogP contribution is 2.19. The van der Waals surface area contributed by atoms with Crippen LogP contribution in [-0.4, -0.2) is 34.1 Å². The van der Waals surface area contributed by atoms with E-state index in [4.69, 9.17) is 0 Å². The molecule has 2 rings (SSSR count). The summed E-state index contributed by atoms with van der Waals surface area (Å²) in [4.78, 5) is 16.4. The molecule has 7 heteroatoms. The van der Waals surface area contributed by atoms with Crippen LogP contribution in [-0.2, 0) is 23.5 Å². The lowest BCUT2D eigenvalue weighted by atomic mass is 10.0. The molecule has 0 radical (unpaired) electrons. The molecule has 0 unspecified atom stereocenters. The van der Waals surface area contributed by atoms with E-state index in [-0.39, 0.29) is 5.56 Å². The Morgan fingerprint density at radius 1 is 1.33 bits per heavy atom. The summed E-state index contributed by atoms with van der Waals surface area (Å²) in [6.07, 6.45) is 9.22. The highest BCUT2D eigenvalue weighted by Gasteiger charge is 2.31. The van der Waals surface area contributed by atoms with Gasteiger partial charge in [0.1, 0.15) is 5.52 Å². The number of nitrogens with zero attached hydrogens (tertiary/aromatic N) is 3. The molecule has 0 N–H and O–H groups in total. The number of pyridine rings is 2. The van der Waals surface area contributed by atoms with Crippen LogP contribution in [0.1, 0.15) is 33.3 Å². The van der Waals surface area contributed by atoms with Crippen LogP contribution in [0.25, 0.3) is 10.9 Å². The quantitative estimate of drug-likeness (QED) is 0.737. The fourth-order valence-electron chi connectivity index (χ4n) is 2.70. The number of sulfonamides is 1. The Kier molecular flexibility index (Phi) is 5.94. The molecule has 0 amide bonds. The van der Waals surface area contributed by atoms with Crippen LogP contribution in [0.5, 0.6) is 0 Å². The van der Waals surface area contributed by atoms with Crippen LogP contribution >= 0.6 is 0 Å². The van der Waals surface area contributed by atoms with Gasteiger partial charge in [-0.05, 0) is 51.8 Å². The van der Waals surface area contributed by atoms with Gasteiger partial charge >= 0.3 is 0 Å². The van der Waals surface area contributed by atoms with Crippen LogP contribution in [0.15, 0.2) is 53.2 Å². The summed E-state index contributed by atoms with van der Waals surface area (Å²) in [7, 11) is -0.154. The van der Waals surface area contributed by atoms with Gasteiger partial charge in [-0.15, -0.1) is 0 Å². The van der Waals surface area contributed by atoms with E-state index in [1.165, 1.54) is 15.9 Å². The minimum atomic E-state index is -3.40. The molecule has 0 spiro atoms. The molecule has 0 aliphatic rings. The molecule has 27 heavy (non-hydrogen) atoms. The maximum atomic E-state index is 12.3. The number of hydrogen-bond donors (Lipinski definition) is 0. The number of hydrogen-bond acceptors (Lipinski definition) is 4. The monoisotopic (exact) mass is 389 g/mol.